The lowest BCUT2D eigenvalue weighted by Crippen LogP contribution is -1.93. The quantitative estimate of drug-likeness (QED) is 0.622. The molecule has 1 rings (SSSR count). The average Bonchev–Trinajstić information content (AvgIpc) is 1.95. The van der Waals surface area contributed by atoms with E-state index in [9.17, 15) is 0 Å². The second-order valence-corrected chi connectivity index (χ2v) is 2.39. The minimum atomic E-state index is 0.759. The first-order valence-electron chi connectivity index (χ1n) is 3.26. The Hall–Kier alpha value is -0.690. The van der Waals surface area contributed by atoms with Crippen LogP contribution in [-0.4, -0.2) is 6.54 Å². The van der Waals surface area contributed by atoms with Crippen LogP contribution in [0.5, 0.6) is 0 Å². The highest BCUT2D eigenvalue weighted by Crippen LogP contribution is 2.12. The van der Waals surface area contributed by atoms with Crippen molar-refractivity contribution in [3.8, 4) is 0 Å². The Labute approximate surface area is 66.0 Å². The Bertz CT molecular complexity index is 193. The van der Waals surface area contributed by atoms with E-state index < -0.39 is 0 Å². The van der Waals surface area contributed by atoms with Gasteiger partial charge in [0.1, 0.15) is 0 Å². The van der Waals surface area contributed by atoms with Crippen molar-refractivity contribution in [1.29, 1.82) is 0 Å². The first kappa shape index (κ1) is 7.42. The van der Waals surface area contributed by atoms with E-state index in [-0.39, 0.29) is 0 Å². The summed E-state index contributed by atoms with van der Waals surface area (Å²) in [5, 5.41) is 4.95. The van der Waals surface area contributed by atoms with E-state index in [1.165, 1.54) is 0 Å². The van der Waals surface area contributed by atoms with E-state index >= 15 is 0 Å². The van der Waals surface area contributed by atoms with Crippen LogP contribution >= 0.6 is 11.6 Å². The molecule has 0 aromatic heterocycles. The Morgan fingerprint density at radius 2 is 1.90 bits per heavy atom. The smallest absolute Gasteiger partial charge is 0.0575 e. The molecule has 1 aromatic carbocycles. The number of hydrogen-bond acceptors (Lipinski definition) is 0. The number of hydrogen-bond donors (Lipinski definition) is 0. The molecule has 0 N–H and O–H groups in total. The Morgan fingerprint density at radius 3 is 2.40 bits per heavy atom. The summed E-state index contributed by atoms with van der Waals surface area (Å²) in [6.45, 7) is 2.83. The van der Waals surface area contributed by atoms with E-state index in [1.54, 1.807) is 0 Å². The molecule has 0 aliphatic rings. The summed E-state index contributed by atoms with van der Waals surface area (Å²) in [7, 11) is 0. The molecule has 0 bridgehead atoms. The third-order valence-corrected chi connectivity index (χ3v) is 1.42. The van der Waals surface area contributed by atoms with Crippen LogP contribution in [0, 0.1) is 0 Å². The van der Waals surface area contributed by atoms with Crippen molar-refractivity contribution >= 4 is 17.3 Å². The third kappa shape index (κ3) is 1.92. The molecule has 0 unspecified atom stereocenters. The van der Waals surface area contributed by atoms with Gasteiger partial charge in [-0.25, -0.2) is 0 Å². The van der Waals surface area contributed by atoms with Gasteiger partial charge in [0.25, 0.3) is 0 Å². The normalized spacial score (nSPS) is 9.40. The molecule has 0 aliphatic carbocycles. The molecule has 0 amide bonds. The maximum atomic E-state index is 5.67. The SMILES string of the molecule is CC[N]c1ccc(Cl)cc1. The topological polar surface area (TPSA) is 14.1 Å². The molecule has 2 heteroatoms. The van der Waals surface area contributed by atoms with Crippen LogP contribution in [0.3, 0.4) is 0 Å². The van der Waals surface area contributed by atoms with Crippen LogP contribution < -0.4 is 5.32 Å². The van der Waals surface area contributed by atoms with Crippen molar-refractivity contribution in [2.24, 2.45) is 0 Å². The first-order valence-corrected chi connectivity index (χ1v) is 3.64. The maximum absolute atomic E-state index is 5.67. The molecule has 0 saturated heterocycles. The predicted molar refractivity (Wildman–Crippen MR) is 43.8 cm³/mol. The molecule has 0 spiro atoms. The number of rotatable bonds is 2. The van der Waals surface area contributed by atoms with Gasteiger partial charge in [0.15, 0.2) is 0 Å². The minimum Gasteiger partial charge on any atom is -0.286 e. The van der Waals surface area contributed by atoms with Crippen molar-refractivity contribution < 1.29 is 0 Å². The number of nitrogens with zero attached hydrogens (tertiary/aromatic N) is 1. The molecule has 0 fully saturated rings. The lowest BCUT2D eigenvalue weighted by molar-refractivity contribution is 0.913. The van der Waals surface area contributed by atoms with E-state index in [2.05, 4.69) is 5.32 Å². The van der Waals surface area contributed by atoms with Crippen LogP contribution in [-0.2, 0) is 0 Å². The largest absolute Gasteiger partial charge is 0.286 e. The van der Waals surface area contributed by atoms with Gasteiger partial charge >= 0.3 is 0 Å². The third-order valence-electron chi connectivity index (χ3n) is 1.17. The minimum absolute atomic E-state index is 0.759. The first-order chi connectivity index (χ1) is 4.83. The van der Waals surface area contributed by atoms with Gasteiger partial charge in [-0.1, -0.05) is 11.6 Å². The van der Waals surface area contributed by atoms with Crippen LogP contribution in [0.15, 0.2) is 24.3 Å². The van der Waals surface area contributed by atoms with Crippen LogP contribution in [0.1, 0.15) is 6.92 Å². The Morgan fingerprint density at radius 1 is 1.30 bits per heavy atom. The summed E-state index contributed by atoms with van der Waals surface area (Å²) >= 11 is 5.67. The van der Waals surface area contributed by atoms with Gasteiger partial charge in [-0.15, -0.1) is 0 Å². The monoisotopic (exact) mass is 154 g/mol. The van der Waals surface area contributed by atoms with Gasteiger partial charge in [-0.3, -0.25) is 5.32 Å². The van der Waals surface area contributed by atoms with Crippen molar-refractivity contribution in [3.05, 3.63) is 29.3 Å². The lowest BCUT2D eigenvalue weighted by Gasteiger charge is -1.97. The van der Waals surface area contributed by atoms with E-state index in [4.69, 9.17) is 11.6 Å². The fourth-order valence-corrected chi connectivity index (χ4v) is 0.855. The fraction of sp³-hybridized carbons (Fsp3) is 0.250. The summed E-state index contributed by atoms with van der Waals surface area (Å²) in [5.74, 6) is 0. The number of halogens is 1. The predicted octanol–water partition coefficient (Wildman–Crippen LogP) is 2.60. The summed E-state index contributed by atoms with van der Waals surface area (Å²) in [6.07, 6.45) is 0. The van der Waals surface area contributed by atoms with Crippen molar-refractivity contribution in [2.45, 2.75) is 6.92 Å². The lowest BCUT2D eigenvalue weighted by atomic mass is 10.3. The van der Waals surface area contributed by atoms with Gasteiger partial charge in [0.05, 0.1) is 5.69 Å². The molecule has 0 aliphatic heterocycles. The summed E-state index contributed by atoms with van der Waals surface area (Å²) in [4.78, 5) is 0. The summed E-state index contributed by atoms with van der Waals surface area (Å²) in [5.41, 5.74) is 0.993. The highest BCUT2D eigenvalue weighted by molar-refractivity contribution is 6.30. The highest BCUT2D eigenvalue weighted by atomic mass is 35.5. The average molecular weight is 155 g/mol. The molecule has 1 aromatic rings. The van der Waals surface area contributed by atoms with Gasteiger partial charge in [0.2, 0.25) is 0 Å². The zero-order chi connectivity index (χ0) is 7.40. The molecule has 10 heavy (non-hydrogen) atoms. The van der Waals surface area contributed by atoms with Gasteiger partial charge in [-0.05, 0) is 31.2 Å². The molecule has 1 nitrogen and oxygen atoms in total. The van der Waals surface area contributed by atoms with Gasteiger partial charge in [-0.2, -0.15) is 0 Å². The van der Waals surface area contributed by atoms with E-state index in [0.717, 1.165) is 17.3 Å². The van der Waals surface area contributed by atoms with Gasteiger partial charge < -0.3 is 0 Å². The fourth-order valence-electron chi connectivity index (χ4n) is 0.729. The summed E-state index contributed by atoms with van der Waals surface area (Å²) in [6, 6.07) is 7.50. The summed E-state index contributed by atoms with van der Waals surface area (Å²) < 4.78 is 0. The molecule has 1 radical (unpaired) electrons. The second kappa shape index (κ2) is 3.47. The van der Waals surface area contributed by atoms with Crippen molar-refractivity contribution in [3.63, 3.8) is 0 Å². The van der Waals surface area contributed by atoms with Crippen LogP contribution in [0.4, 0.5) is 5.69 Å². The molecule has 0 atom stereocenters. The Balaban J connectivity index is 2.69. The molecule has 0 heterocycles. The zero-order valence-electron chi connectivity index (χ0n) is 5.84. The molecule has 53 valence electrons. The second-order valence-electron chi connectivity index (χ2n) is 1.95. The molecular weight excluding hydrogens is 146 g/mol. The van der Waals surface area contributed by atoms with Gasteiger partial charge in [0, 0.05) is 11.6 Å². The molecule has 0 saturated carbocycles. The van der Waals surface area contributed by atoms with E-state index in [1.807, 2.05) is 31.2 Å². The molecular formula is C8H9ClN. The number of benzene rings is 1. The van der Waals surface area contributed by atoms with Crippen molar-refractivity contribution in [2.75, 3.05) is 6.54 Å². The highest BCUT2D eigenvalue weighted by Gasteiger charge is 1.89. The standard InChI is InChI=1S/C8H9ClN/c1-2-10-8-5-3-7(9)4-6-8/h3-6H,2H2,1H3. The van der Waals surface area contributed by atoms with Crippen molar-refractivity contribution in [1.82, 2.24) is 5.32 Å². The van der Waals surface area contributed by atoms with Crippen LogP contribution in [0.2, 0.25) is 5.02 Å². The van der Waals surface area contributed by atoms with Crippen LogP contribution in [0.25, 0.3) is 0 Å². The van der Waals surface area contributed by atoms with E-state index in [0.29, 0.717) is 0 Å². The zero-order valence-corrected chi connectivity index (χ0v) is 6.60. The Kier molecular flexibility index (Phi) is 2.57. The maximum Gasteiger partial charge on any atom is 0.0575 e.